The number of Topliss-reactive ketones (excluding diaryl/α,β-unsaturated/α-hetero) is 1. The fourth-order valence-corrected chi connectivity index (χ4v) is 9.92. The Hall–Kier alpha value is -1.75. The summed E-state index contributed by atoms with van der Waals surface area (Å²) in [6, 6.07) is 4.67. The van der Waals surface area contributed by atoms with Gasteiger partial charge in [0.1, 0.15) is 12.4 Å². The average Bonchev–Trinajstić information content (AvgIpc) is 3.38. The highest BCUT2D eigenvalue weighted by Gasteiger charge is 2.62. The lowest BCUT2D eigenvalue weighted by atomic mass is 9.42. The first-order valence-corrected chi connectivity index (χ1v) is 14.0. The maximum Gasteiger partial charge on any atom is 0.157 e. The minimum absolute atomic E-state index is 0.0786. The van der Waals surface area contributed by atoms with E-state index in [0.29, 0.717) is 23.0 Å². The van der Waals surface area contributed by atoms with Gasteiger partial charge in [-0.25, -0.2) is 4.39 Å². The summed E-state index contributed by atoms with van der Waals surface area (Å²) in [7, 11) is 0. The highest BCUT2D eigenvalue weighted by Crippen LogP contribution is 2.69. The second kappa shape index (κ2) is 8.13. The van der Waals surface area contributed by atoms with Crippen LogP contribution in [0.2, 0.25) is 0 Å². The van der Waals surface area contributed by atoms with Gasteiger partial charge in [-0.3, -0.25) is 9.48 Å². The first kappa shape index (κ1) is 23.6. The molecule has 4 nitrogen and oxygen atoms in total. The van der Waals surface area contributed by atoms with Crippen molar-refractivity contribution >= 4 is 16.7 Å². The number of ketones is 1. The zero-order chi connectivity index (χ0) is 24.6. The average molecular weight is 481 g/mol. The minimum Gasteiger partial charge on any atom is -0.390 e. The molecule has 0 unspecified atom stereocenters. The van der Waals surface area contributed by atoms with Gasteiger partial charge >= 0.3 is 0 Å². The lowest BCUT2D eigenvalue weighted by molar-refractivity contribution is -0.158. The van der Waals surface area contributed by atoms with E-state index in [-0.39, 0.29) is 23.7 Å². The summed E-state index contributed by atoms with van der Waals surface area (Å²) < 4.78 is 15.4. The molecule has 1 N–H and O–H groups in total. The Kier molecular flexibility index (Phi) is 5.49. The van der Waals surface area contributed by atoms with Gasteiger partial charge in [0.05, 0.1) is 17.3 Å². The van der Waals surface area contributed by atoms with E-state index >= 15 is 0 Å². The molecule has 35 heavy (non-hydrogen) atoms. The number of carbonyl (C=O) groups is 1. The van der Waals surface area contributed by atoms with E-state index in [4.69, 9.17) is 0 Å². The van der Waals surface area contributed by atoms with Gasteiger partial charge in [-0.05, 0) is 124 Å². The quantitative estimate of drug-likeness (QED) is 0.540. The number of benzene rings is 1. The lowest BCUT2D eigenvalue weighted by Crippen LogP contribution is -2.56. The van der Waals surface area contributed by atoms with Crippen molar-refractivity contribution in [3.8, 4) is 0 Å². The molecular formula is C30H41FN2O2. The van der Waals surface area contributed by atoms with E-state index < -0.39 is 5.60 Å². The van der Waals surface area contributed by atoms with Gasteiger partial charge in [-0.15, -0.1) is 0 Å². The van der Waals surface area contributed by atoms with E-state index in [1.54, 1.807) is 16.9 Å². The van der Waals surface area contributed by atoms with E-state index in [1.165, 1.54) is 50.7 Å². The van der Waals surface area contributed by atoms with Gasteiger partial charge in [0.15, 0.2) is 5.78 Å². The second-order valence-electron chi connectivity index (χ2n) is 13.1. The molecule has 4 aliphatic rings. The molecule has 0 amide bonds. The maximum atomic E-state index is 13.7. The zero-order valence-corrected chi connectivity index (χ0v) is 21.6. The predicted molar refractivity (Wildman–Crippen MR) is 135 cm³/mol. The van der Waals surface area contributed by atoms with Crippen LogP contribution in [0.4, 0.5) is 4.39 Å². The topological polar surface area (TPSA) is 55.1 Å². The molecule has 2 aromatic rings. The predicted octanol–water partition coefficient (Wildman–Crippen LogP) is 6.54. The van der Waals surface area contributed by atoms with Gasteiger partial charge < -0.3 is 5.11 Å². The fourth-order valence-electron chi connectivity index (χ4n) is 9.92. The Morgan fingerprint density at radius 1 is 1.11 bits per heavy atom. The van der Waals surface area contributed by atoms with Crippen LogP contribution < -0.4 is 0 Å². The van der Waals surface area contributed by atoms with Gasteiger partial charge in [-0.2, -0.15) is 5.10 Å². The summed E-state index contributed by atoms with van der Waals surface area (Å²) in [5.41, 5.74) is 0.805. The van der Waals surface area contributed by atoms with Crippen molar-refractivity contribution in [3.63, 3.8) is 0 Å². The van der Waals surface area contributed by atoms with Crippen LogP contribution in [0, 0.1) is 46.2 Å². The highest BCUT2D eigenvalue weighted by atomic mass is 19.1. The lowest BCUT2D eigenvalue weighted by Gasteiger charge is -2.63. The summed E-state index contributed by atoms with van der Waals surface area (Å²) in [6.45, 7) is 7.14. The first-order chi connectivity index (χ1) is 16.7. The van der Waals surface area contributed by atoms with Crippen LogP contribution in [-0.2, 0) is 11.3 Å². The van der Waals surface area contributed by atoms with Crippen molar-refractivity contribution in [1.82, 2.24) is 9.78 Å². The standard InChI is InChI=1S/C30H41FN2O2/c1-4-30-14-13-28(2,35)16-20(30)5-7-22-23-8-9-25(29(23,3)12-11-24(22)30)27(34)18-33-26-10-6-21(31)15-19(26)17-32-33/h6,10,15,17,20,22-25,35H,4-5,7-9,11-14,16,18H2,1-3H3/t20-,22-,23-,24-,25+,28+,29-,30-/m0/s1. The number of fused-ring (bicyclic) bond motifs is 6. The van der Waals surface area contributed by atoms with E-state index in [2.05, 4.69) is 18.9 Å². The third kappa shape index (κ3) is 3.54. The summed E-state index contributed by atoms with van der Waals surface area (Å²) in [5.74, 6) is 2.88. The van der Waals surface area contributed by atoms with Crippen molar-refractivity contribution in [2.75, 3.05) is 0 Å². The van der Waals surface area contributed by atoms with Crippen molar-refractivity contribution in [1.29, 1.82) is 0 Å². The van der Waals surface area contributed by atoms with E-state index in [0.717, 1.165) is 48.4 Å². The zero-order valence-electron chi connectivity index (χ0n) is 21.6. The molecule has 4 aliphatic carbocycles. The van der Waals surface area contributed by atoms with Gasteiger partial charge in [0.2, 0.25) is 0 Å². The molecule has 4 saturated carbocycles. The highest BCUT2D eigenvalue weighted by molar-refractivity contribution is 5.85. The van der Waals surface area contributed by atoms with Crippen LogP contribution in [0.5, 0.6) is 0 Å². The molecule has 0 radical (unpaired) electrons. The number of halogens is 1. The second-order valence-corrected chi connectivity index (χ2v) is 13.1. The molecular weight excluding hydrogens is 439 g/mol. The van der Waals surface area contributed by atoms with E-state index in [9.17, 15) is 14.3 Å². The fraction of sp³-hybridized carbons (Fsp3) is 0.733. The largest absolute Gasteiger partial charge is 0.390 e. The molecule has 6 rings (SSSR count). The van der Waals surface area contributed by atoms with Crippen molar-refractivity contribution in [3.05, 3.63) is 30.2 Å². The summed E-state index contributed by atoms with van der Waals surface area (Å²) >= 11 is 0. The van der Waals surface area contributed by atoms with Crippen LogP contribution in [0.15, 0.2) is 24.4 Å². The van der Waals surface area contributed by atoms with Gasteiger partial charge in [0, 0.05) is 11.3 Å². The third-order valence-corrected chi connectivity index (χ3v) is 11.6. The number of aliphatic hydroxyl groups is 1. The van der Waals surface area contributed by atoms with E-state index in [1.807, 2.05) is 6.92 Å². The Labute approximate surface area is 208 Å². The van der Waals surface area contributed by atoms with Crippen molar-refractivity contribution in [2.45, 2.75) is 97.1 Å². The van der Waals surface area contributed by atoms with Crippen molar-refractivity contribution < 1.29 is 14.3 Å². The molecule has 0 saturated heterocycles. The Morgan fingerprint density at radius 3 is 2.74 bits per heavy atom. The molecule has 0 spiro atoms. The smallest absolute Gasteiger partial charge is 0.157 e. The molecule has 1 heterocycles. The number of hydrogen-bond acceptors (Lipinski definition) is 3. The van der Waals surface area contributed by atoms with Crippen LogP contribution in [-0.4, -0.2) is 26.3 Å². The van der Waals surface area contributed by atoms with Crippen LogP contribution in [0.25, 0.3) is 10.9 Å². The third-order valence-electron chi connectivity index (χ3n) is 11.6. The molecule has 8 atom stereocenters. The molecule has 1 aromatic carbocycles. The maximum absolute atomic E-state index is 13.7. The number of rotatable bonds is 4. The summed E-state index contributed by atoms with van der Waals surface area (Å²) in [5, 5.41) is 16.0. The van der Waals surface area contributed by atoms with Crippen molar-refractivity contribution in [2.24, 2.45) is 40.4 Å². The first-order valence-electron chi connectivity index (χ1n) is 14.0. The molecule has 4 fully saturated rings. The number of aromatic nitrogens is 2. The summed E-state index contributed by atoms with van der Waals surface area (Å²) in [6.07, 6.45) is 13.0. The Bertz CT molecular complexity index is 1140. The SMILES string of the molecule is CC[C@]12CC[C@@](C)(O)C[C@@H]1CC[C@H]1[C@@H]3CC[C@H](C(=O)Cn4ncc5cc(F)ccc54)[C@@]3(C)CC[C@@H]12. The van der Waals surface area contributed by atoms with Crippen LogP contribution in [0.3, 0.4) is 0 Å². The number of hydrogen-bond donors (Lipinski definition) is 1. The van der Waals surface area contributed by atoms with Gasteiger partial charge in [-0.1, -0.05) is 13.8 Å². The van der Waals surface area contributed by atoms with Gasteiger partial charge in [0.25, 0.3) is 0 Å². The molecule has 5 heteroatoms. The molecule has 0 aliphatic heterocycles. The molecule has 190 valence electrons. The molecule has 0 bridgehead atoms. The molecule has 1 aromatic heterocycles. The number of nitrogens with zero attached hydrogens (tertiary/aromatic N) is 2. The van der Waals surface area contributed by atoms with Crippen LogP contribution in [0.1, 0.15) is 85.0 Å². The van der Waals surface area contributed by atoms with Crippen LogP contribution >= 0.6 is 0 Å². The summed E-state index contributed by atoms with van der Waals surface area (Å²) in [4.78, 5) is 13.7. The number of carbonyl (C=O) groups excluding carboxylic acids is 1. The Morgan fingerprint density at radius 2 is 1.94 bits per heavy atom. The normalized spacial score (nSPS) is 42.9. The Balaban J connectivity index is 1.23. The monoisotopic (exact) mass is 480 g/mol. The minimum atomic E-state index is -0.493.